The summed E-state index contributed by atoms with van der Waals surface area (Å²) >= 11 is 6.12. The number of aryl methyl sites for hydroxylation is 2. The molecular weight excluding hydrogens is 340 g/mol. The smallest absolute Gasteiger partial charge is 0.311 e. The molecule has 0 saturated carbocycles. The lowest BCUT2D eigenvalue weighted by atomic mass is 10.1. The van der Waals surface area contributed by atoms with Gasteiger partial charge in [-0.05, 0) is 74.7 Å². The van der Waals surface area contributed by atoms with E-state index in [0.717, 1.165) is 21.9 Å². The number of Topliss-reactive ketones (excluding diaryl/α,β-unsaturated/α-hetero) is 1. The third-order valence-corrected chi connectivity index (χ3v) is 4.29. The first-order valence-electron chi connectivity index (χ1n) is 8.08. The monoisotopic (exact) mass is 360 g/mol. The Labute approximate surface area is 152 Å². The van der Waals surface area contributed by atoms with Crippen molar-refractivity contribution >= 4 is 23.4 Å². The average molecular weight is 361 g/mol. The van der Waals surface area contributed by atoms with Crippen molar-refractivity contribution < 1.29 is 19.1 Å². The number of benzene rings is 2. The van der Waals surface area contributed by atoms with E-state index < -0.39 is 0 Å². The van der Waals surface area contributed by atoms with E-state index in [-0.39, 0.29) is 18.2 Å². The Balaban J connectivity index is 1.76. The van der Waals surface area contributed by atoms with Crippen LogP contribution in [0.3, 0.4) is 0 Å². The topological polar surface area (TPSA) is 52.6 Å². The zero-order valence-corrected chi connectivity index (χ0v) is 15.4. The number of ketones is 1. The van der Waals surface area contributed by atoms with Crippen molar-refractivity contribution in [3.63, 3.8) is 0 Å². The van der Waals surface area contributed by atoms with Crippen LogP contribution < -0.4 is 9.47 Å². The van der Waals surface area contributed by atoms with Gasteiger partial charge in [0.05, 0.1) is 6.61 Å². The van der Waals surface area contributed by atoms with Crippen LogP contribution in [0.25, 0.3) is 0 Å². The molecule has 0 amide bonds. The molecule has 2 aromatic carbocycles. The number of esters is 1. The van der Waals surface area contributed by atoms with E-state index in [4.69, 9.17) is 21.1 Å². The molecular formula is C20H21ClO4. The van der Waals surface area contributed by atoms with Gasteiger partial charge in [-0.2, -0.15) is 0 Å². The Morgan fingerprint density at radius 3 is 2.16 bits per heavy atom. The SMILES string of the molecule is CC(=O)c1ccc(OC(=O)CCCOc2cc(C)c(Cl)c(C)c2)cc1. The molecule has 132 valence electrons. The van der Waals surface area contributed by atoms with Crippen LogP contribution in [0.5, 0.6) is 11.5 Å². The van der Waals surface area contributed by atoms with Gasteiger partial charge in [-0.25, -0.2) is 0 Å². The van der Waals surface area contributed by atoms with E-state index in [1.807, 2.05) is 26.0 Å². The van der Waals surface area contributed by atoms with Crippen molar-refractivity contribution in [1.29, 1.82) is 0 Å². The molecule has 0 radical (unpaired) electrons. The first kappa shape index (κ1) is 19.0. The molecule has 2 rings (SSSR count). The summed E-state index contributed by atoms with van der Waals surface area (Å²) in [6.45, 7) is 5.76. The van der Waals surface area contributed by atoms with Gasteiger partial charge in [0.2, 0.25) is 0 Å². The van der Waals surface area contributed by atoms with E-state index in [1.54, 1.807) is 24.3 Å². The summed E-state index contributed by atoms with van der Waals surface area (Å²) < 4.78 is 10.9. The van der Waals surface area contributed by atoms with Crippen molar-refractivity contribution in [2.45, 2.75) is 33.6 Å². The minimum absolute atomic E-state index is 0.0253. The van der Waals surface area contributed by atoms with Crippen LogP contribution in [0.1, 0.15) is 41.3 Å². The van der Waals surface area contributed by atoms with Gasteiger partial charge in [-0.3, -0.25) is 9.59 Å². The molecule has 0 aliphatic rings. The molecule has 0 fully saturated rings. The first-order chi connectivity index (χ1) is 11.9. The summed E-state index contributed by atoms with van der Waals surface area (Å²) in [5.74, 6) is 0.817. The van der Waals surface area contributed by atoms with Gasteiger partial charge in [0.25, 0.3) is 0 Å². The fraction of sp³-hybridized carbons (Fsp3) is 0.300. The zero-order chi connectivity index (χ0) is 18.4. The Kier molecular flexibility index (Phi) is 6.59. The molecule has 0 saturated heterocycles. The third kappa shape index (κ3) is 5.61. The molecule has 25 heavy (non-hydrogen) atoms. The third-order valence-electron chi connectivity index (χ3n) is 3.70. The number of halogens is 1. The lowest BCUT2D eigenvalue weighted by Gasteiger charge is -2.10. The number of ether oxygens (including phenoxy) is 2. The predicted molar refractivity (Wildman–Crippen MR) is 97.7 cm³/mol. The Morgan fingerprint density at radius 1 is 1.00 bits per heavy atom. The molecule has 0 aliphatic carbocycles. The first-order valence-corrected chi connectivity index (χ1v) is 8.46. The normalized spacial score (nSPS) is 10.4. The maximum atomic E-state index is 11.8. The van der Waals surface area contributed by atoms with Gasteiger partial charge in [0.15, 0.2) is 5.78 Å². The molecule has 4 nitrogen and oxygen atoms in total. The van der Waals surface area contributed by atoms with Crippen LogP contribution in [0, 0.1) is 13.8 Å². The molecule has 0 aliphatic heterocycles. The van der Waals surface area contributed by atoms with Crippen LogP contribution in [0.2, 0.25) is 5.02 Å². The highest BCUT2D eigenvalue weighted by molar-refractivity contribution is 6.32. The fourth-order valence-corrected chi connectivity index (χ4v) is 2.45. The summed E-state index contributed by atoms with van der Waals surface area (Å²) in [5, 5.41) is 0.742. The molecule has 0 spiro atoms. The zero-order valence-electron chi connectivity index (χ0n) is 14.6. The lowest BCUT2D eigenvalue weighted by molar-refractivity contribution is -0.134. The molecule has 5 heteroatoms. The number of hydrogen-bond donors (Lipinski definition) is 0. The second kappa shape index (κ2) is 8.67. The Morgan fingerprint density at radius 2 is 1.60 bits per heavy atom. The van der Waals surface area contributed by atoms with Crippen molar-refractivity contribution in [3.05, 3.63) is 58.1 Å². The van der Waals surface area contributed by atoms with Gasteiger partial charge in [0, 0.05) is 17.0 Å². The molecule has 0 heterocycles. The van der Waals surface area contributed by atoms with E-state index in [0.29, 0.717) is 24.3 Å². The molecule has 0 unspecified atom stereocenters. The standard InChI is InChI=1S/C20H21ClO4/c1-13-11-18(12-14(2)20(13)21)24-10-4-5-19(23)25-17-8-6-16(7-9-17)15(3)22/h6-9,11-12H,4-5,10H2,1-3H3. The van der Waals surface area contributed by atoms with Crippen molar-refractivity contribution in [2.75, 3.05) is 6.61 Å². The maximum Gasteiger partial charge on any atom is 0.311 e. The van der Waals surface area contributed by atoms with Crippen LogP contribution in [0.15, 0.2) is 36.4 Å². The summed E-state index contributed by atoms with van der Waals surface area (Å²) in [5.41, 5.74) is 2.51. The molecule has 0 aromatic heterocycles. The van der Waals surface area contributed by atoms with E-state index in [9.17, 15) is 9.59 Å². The average Bonchev–Trinajstić information content (AvgIpc) is 2.57. The van der Waals surface area contributed by atoms with Crippen molar-refractivity contribution in [2.24, 2.45) is 0 Å². The minimum atomic E-state index is -0.331. The second-order valence-electron chi connectivity index (χ2n) is 5.88. The van der Waals surface area contributed by atoms with E-state index in [2.05, 4.69) is 0 Å². The van der Waals surface area contributed by atoms with Gasteiger partial charge in [0.1, 0.15) is 11.5 Å². The Hall–Kier alpha value is -2.33. The fourth-order valence-electron chi connectivity index (χ4n) is 2.34. The van der Waals surface area contributed by atoms with E-state index >= 15 is 0 Å². The molecule has 0 atom stereocenters. The number of hydrogen-bond acceptors (Lipinski definition) is 4. The van der Waals surface area contributed by atoms with Gasteiger partial charge >= 0.3 is 5.97 Å². The minimum Gasteiger partial charge on any atom is -0.494 e. The second-order valence-corrected chi connectivity index (χ2v) is 6.26. The highest BCUT2D eigenvalue weighted by Crippen LogP contribution is 2.26. The predicted octanol–water partition coefficient (Wildman–Crippen LogP) is 4.92. The quantitative estimate of drug-likeness (QED) is 0.304. The van der Waals surface area contributed by atoms with E-state index in [1.165, 1.54) is 6.92 Å². The molecule has 2 aromatic rings. The summed E-state index contributed by atoms with van der Waals surface area (Å²) in [7, 11) is 0. The highest BCUT2D eigenvalue weighted by Gasteiger charge is 2.07. The van der Waals surface area contributed by atoms with Crippen LogP contribution in [0.4, 0.5) is 0 Å². The summed E-state index contributed by atoms with van der Waals surface area (Å²) in [4.78, 5) is 23.0. The van der Waals surface area contributed by atoms with Gasteiger partial charge in [-0.1, -0.05) is 11.6 Å². The Bertz CT molecular complexity index is 743. The van der Waals surface area contributed by atoms with Crippen molar-refractivity contribution in [3.8, 4) is 11.5 Å². The van der Waals surface area contributed by atoms with Crippen molar-refractivity contribution in [1.82, 2.24) is 0 Å². The highest BCUT2D eigenvalue weighted by atomic mass is 35.5. The summed E-state index contributed by atoms with van der Waals surface area (Å²) in [6, 6.07) is 10.3. The number of carbonyl (C=O) groups is 2. The van der Waals surface area contributed by atoms with Gasteiger partial charge < -0.3 is 9.47 Å². The van der Waals surface area contributed by atoms with Crippen LogP contribution in [-0.4, -0.2) is 18.4 Å². The van der Waals surface area contributed by atoms with Crippen LogP contribution in [-0.2, 0) is 4.79 Å². The largest absolute Gasteiger partial charge is 0.494 e. The molecule has 0 bridgehead atoms. The number of rotatable bonds is 7. The summed E-state index contributed by atoms with van der Waals surface area (Å²) in [6.07, 6.45) is 0.797. The van der Waals surface area contributed by atoms with Crippen LogP contribution >= 0.6 is 11.6 Å². The lowest BCUT2D eigenvalue weighted by Crippen LogP contribution is -2.10. The maximum absolute atomic E-state index is 11.8. The molecule has 0 N–H and O–H groups in total. The van der Waals surface area contributed by atoms with Gasteiger partial charge in [-0.15, -0.1) is 0 Å². The number of carbonyl (C=O) groups excluding carboxylic acids is 2.